The number of nitrogens with zero attached hydrogens (tertiary/aromatic N) is 2. The largest absolute Gasteiger partial charge is 0.481 e. The summed E-state index contributed by atoms with van der Waals surface area (Å²) in [6.45, 7) is 1.48. The van der Waals surface area contributed by atoms with Gasteiger partial charge >= 0.3 is 5.97 Å². The van der Waals surface area contributed by atoms with Gasteiger partial charge in [0.2, 0.25) is 5.91 Å². The lowest BCUT2D eigenvalue weighted by Crippen LogP contribution is -2.30. The molecule has 1 fully saturated rings. The summed E-state index contributed by atoms with van der Waals surface area (Å²) >= 11 is 0. The zero-order valence-electron chi connectivity index (χ0n) is 11.2. The Morgan fingerprint density at radius 2 is 2.15 bits per heavy atom. The molecule has 0 spiro atoms. The second-order valence-electron chi connectivity index (χ2n) is 5.07. The summed E-state index contributed by atoms with van der Waals surface area (Å²) in [5.74, 6) is -0.787. The van der Waals surface area contributed by atoms with Gasteiger partial charge < -0.3 is 14.6 Å². The first kappa shape index (κ1) is 14.3. The smallest absolute Gasteiger partial charge is 0.303 e. The lowest BCUT2D eigenvalue weighted by Gasteiger charge is -2.16. The highest BCUT2D eigenvalue weighted by Crippen LogP contribution is 2.20. The third-order valence-electron chi connectivity index (χ3n) is 3.57. The highest BCUT2D eigenvalue weighted by molar-refractivity contribution is 5.76. The zero-order valence-corrected chi connectivity index (χ0v) is 11.2. The Kier molecular flexibility index (Phi) is 4.55. The fourth-order valence-electron chi connectivity index (χ4n) is 2.49. The molecule has 2 heterocycles. The van der Waals surface area contributed by atoms with Gasteiger partial charge in [0.15, 0.2) is 0 Å². The van der Waals surface area contributed by atoms with Gasteiger partial charge in [0.05, 0.1) is 0 Å². The van der Waals surface area contributed by atoms with Crippen LogP contribution in [0.2, 0.25) is 0 Å². The molecule has 108 valence electrons. The van der Waals surface area contributed by atoms with Gasteiger partial charge in [-0.15, -0.1) is 0 Å². The maximum absolute atomic E-state index is 12.0. The average molecular weight is 278 g/mol. The van der Waals surface area contributed by atoms with Crippen molar-refractivity contribution < 1.29 is 14.7 Å². The minimum absolute atomic E-state index is 0.0198. The first-order chi connectivity index (χ1) is 9.56. The van der Waals surface area contributed by atoms with E-state index in [4.69, 9.17) is 5.11 Å². The van der Waals surface area contributed by atoms with Gasteiger partial charge in [-0.05, 0) is 18.4 Å². The van der Waals surface area contributed by atoms with Crippen LogP contribution in [0.3, 0.4) is 0 Å². The molecule has 1 N–H and O–H groups in total. The van der Waals surface area contributed by atoms with Crippen molar-refractivity contribution in [1.82, 2.24) is 9.47 Å². The molecule has 0 saturated carbocycles. The van der Waals surface area contributed by atoms with Gasteiger partial charge in [-0.3, -0.25) is 14.4 Å². The van der Waals surface area contributed by atoms with E-state index < -0.39 is 5.97 Å². The Morgan fingerprint density at radius 3 is 2.85 bits per heavy atom. The first-order valence-corrected chi connectivity index (χ1v) is 6.71. The van der Waals surface area contributed by atoms with E-state index in [9.17, 15) is 14.4 Å². The third-order valence-corrected chi connectivity index (χ3v) is 3.57. The van der Waals surface area contributed by atoms with Crippen LogP contribution in [-0.4, -0.2) is 39.5 Å². The van der Waals surface area contributed by atoms with Crippen molar-refractivity contribution in [3.05, 3.63) is 34.7 Å². The van der Waals surface area contributed by atoms with Crippen molar-refractivity contribution in [3.8, 4) is 0 Å². The molecule has 6 nitrogen and oxygen atoms in total. The molecule has 0 aromatic carbocycles. The van der Waals surface area contributed by atoms with E-state index in [0.29, 0.717) is 19.6 Å². The zero-order chi connectivity index (χ0) is 14.5. The van der Waals surface area contributed by atoms with Gasteiger partial charge in [0.25, 0.3) is 5.56 Å². The summed E-state index contributed by atoms with van der Waals surface area (Å²) in [4.78, 5) is 35.9. The topological polar surface area (TPSA) is 79.6 Å². The van der Waals surface area contributed by atoms with Crippen molar-refractivity contribution in [2.24, 2.45) is 5.92 Å². The maximum atomic E-state index is 12.0. The van der Waals surface area contributed by atoms with Crippen molar-refractivity contribution in [2.75, 3.05) is 13.1 Å². The quantitative estimate of drug-likeness (QED) is 0.853. The van der Waals surface area contributed by atoms with E-state index in [1.54, 1.807) is 23.2 Å². The van der Waals surface area contributed by atoms with E-state index in [0.717, 1.165) is 6.42 Å². The second-order valence-corrected chi connectivity index (χ2v) is 5.07. The number of amides is 1. The Balaban J connectivity index is 1.83. The van der Waals surface area contributed by atoms with Crippen LogP contribution in [-0.2, 0) is 16.1 Å². The van der Waals surface area contributed by atoms with Crippen LogP contribution in [0.1, 0.15) is 19.3 Å². The van der Waals surface area contributed by atoms with E-state index in [2.05, 4.69) is 0 Å². The predicted molar refractivity (Wildman–Crippen MR) is 72.3 cm³/mol. The number of pyridine rings is 1. The number of rotatable bonds is 5. The molecule has 1 aliphatic rings. The standard InChI is InChI=1S/C14H18N2O4/c17-12-3-1-2-6-15(12)8-5-13(18)16-7-4-11(10-16)9-14(19)20/h1-3,6,11H,4-5,7-10H2,(H,19,20). The van der Waals surface area contributed by atoms with Crippen LogP contribution >= 0.6 is 0 Å². The van der Waals surface area contributed by atoms with Gasteiger partial charge in [-0.25, -0.2) is 0 Å². The Labute approximate surface area is 116 Å². The molecule has 6 heteroatoms. The summed E-state index contributed by atoms with van der Waals surface area (Å²) in [7, 11) is 0. The normalized spacial score (nSPS) is 18.2. The van der Waals surface area contributed by atoms with Crippen LogP contribution < -0.4 is 5.56 Å². The van der Waals surface area contributed by atoms with Crippen molar-refractivity contribution in [1.29, 1.82) is 0 Å². The molecule has 0 aliphatic carbocycles. The van der Waals surface area contributed by atoms with Gasteiger partial charge in [-0.2, -0.15) is 0 Å². The molecular weight excluding hydrogens is 260 g/mol. The van der Waals surface area contributed by atoms with E-state index in [-0.39, 0.29) is 30.2 Å². The molecule has 1 saturated heterocycles. The highest BCUT2D eigenvalue weighted by Gasteiger charge is 2.27. The first-order valence-electron chi connectivity index (χ1n) is 6.71. The number of aliphatic carboxylic acids is 1. The molecule has 1 unspecified atom stereocenters. The van der Waals surface area contributed by atoms with Crippen LogP contribution in [0.5, 0.6) is 0 Å². The number of carboxylic acids is 1. The summed E-state index contributed by atoms with van der Waals surface area (Å²) in [6, 6.07) is 4.88. The molecular formula is C14H18N2O4. The predicted octanol–water partition coefficient (Wildman–Crippen LogP) is 0.562. The van der Waals surface area contributed by atoms with Crippen molar-refractivity contribution in [2.45, 2.75) is 25.8 Å². The lowest BCUT2D eigenvalue weighted by molar-refractivity contribution is -0.138. The molecule has 1 amide bonds. The number of carbonyl (C=O) groups is 2. The molecule has 1 aromatic heterocycles. The van der Waals surface area contributed by atoms with E-state index in [1.165, 1.54) is 10.6 Å². The third kappa shape index (κ3) is 3.69. The summed E-state index contributed by atoms with van der Waals surface area (Å²) in [5.41, 5.74) is -0.120. The molecule has 1 aliphatic heterocycles. The Morgan fingerprint density at radius 1 is 1.35 bits per heavy atom. The maximum Gasteiger partial charge on any atom is 0.303 e. The molecule has 2 rings (SSSR count). The SMILES string of the molecule is O=C(O)CC1CCN(C(=O)CCn2ccccc2=O)C1. The van der Waals surface area contributed by atoms with Gasteiger partial charge in [0, 0.05) is 44.7 Å². The van der Waals surface area contributed by atoms with E-state index in [1.807, 2.05) is 0 Å². The lowest BCUT2D eigenvalue weighted by atomic mass is 10.1. The Hall–Kier alpha value is -2.11. The second kappa shape index (κ2) is 6.36. The minimum Gasteiger partial charge on any atom is -0.481 e. The van der Waals surface area contributed by atoms with Crippen molar-refractivity contribution in [3.63, 3.8) is 0 Å². The number of carboxylic acid groups (broad SMARTS) is 1. The fourth-order valence-corrected chi connectivity index (χ4v) is 2.49. The minimum atomic E-state index is -0.819. The van der Waals surface area contributed by atoms with E-state index >= 15 is 0 Å². The average Bonchev–Trinajstić information content (AvgIpc) is 2.85. The summed E-state index contributed by atoms with van der Waals surface area (Å²) in [6.07, 6.45) is 2.78. The van der Waals surface area contributed by atoms with Crippen LogP contribution in [0.4, 0.5) is 0 Å². The molecule has 20 heavy (non-hydrogen) atoms. The van der Waals surface area contributed by atoms with Crippen LogP contribution in [0.15, 0.2) is 29.2 Å². The molecule has 0 radical (unpaired) electrons. The summed E-state index contributed by atoms with van der Waals surface area (Å²) in [5, 5.41) is 8.74. The molecule has 1 aromatic rings. The number of carbonyl (C=O) groups excluding carboxylic acids is 1. The number of hydrogen-bond donors (Lipinski definition) is 1. The molecule has 1 atom stereocenters. The number of aryl methyl sites for hydroxylation is 1. The fraction of sp³-hybridized carbons (Fsp3) is 0.500. The van der Waals surface area contributed by atoms with Gasteiger partial charge in [0.1, 0.15) is 0 Å². The Bertz CT molecular complexity index is 552. The van der Waals surface area contributed by atoms with Crippen LogP contribution in [0.25, 0.3) is 0 Å². The highest BCUT2D eigenvalue weighted by atomic mass is 16.4. The van der Waals surface area contributed by atoms with Crippen LogP contribution in [0, 0.1) is 5.92 Å². The van der Waals surface area contributed by atoms with Gasteiger partial charge in [-0.1, -0.05) is 6.07 Å². The molecule has 0 bridgehead atoms. The van der Waals surface area contributed by atoms with Crippen molar-refractivity contribution >= 4 is 11.9 Å². The number of hydrogen-bond acceptors (Lipinski definition) is 3. The number of aromatic nitrogens is 1. The monoisotopic (exact) mass is 278 g/mol. The number of likely N-dealkylation sites (tertiary alicyclic amines) is 1. The summed E-state index contributed by atoms with van der Waals surface area (Å²) < 4.78 is 1.50.